The van der Waals surface area contributed by atoms with Crippen LogP contribution in [0.15, 0.2) is 0 Å². The van der Waals surface area contributed by atoms with Gasteiger partial charge >= 0.3 is 6.03 Å². The summed E-state index contributed by atoms with van der Waals surface area (Å²) in [4.78, 5) is 40.9. The summed E-state index contributed by atoms with van der Waals surface area (Å²) < 4.78 is 0. The number of amides is 4. The minimum absolute atomic E-state index is 0.0273. The SMILES string of the molecule is CC(C)(C)C1CCC2(CC1)NC(=O)N(CC(=O)N1CCCC1CN)C2=O. The summed E-state index contributed by atoms with van der Waals surface area (Å²) in [6.45, 7) is 7.57. The van der Waals surface area contributed by atoms with Crippen molar-refractivity contribution in [2.45, 2.75) is 70.9 Å². The van der Waals surface area contributed by atoms with Gasteiger partial charge in [-0.25, -0.2) is 4.79 Å². The van der Waals surface area contributed by atoms with Crippen LogP contribution in [0.1, 0.15) is 59.3 Å². The molecular weight excluding hydrogens is 332 g/mol. The molecule has 2 heterocycles. The van der Waals surface area contributed by atoms with E-state index in [0.717, 1.165) is 30.6 Å². The molecule has 3 rings (SSSR count). The third-order valence-corrected chi connectivity index (χ3v) is 6.57. The number of urea groups is 1. The van der Waals surface area contributed by atoms with Gasteiger partial charge in [-0.05, 0) is 49.9 Å². The van der Waals surface area contributed by atoms with Crippen LogP contribution in [0.5, 0.6) is 0 Å². The van der Waals surface area contributed by atoms with Crippen LogP contribution in [-0.2, 0) is 9.59 Å². The van der Waals surface area contributed by atoms with Gasteiger partial charge in [0.05, 0.1) is 0 Å². The summed E-state index contributed by atoms with van der Waals surface area (Å²) in [7, 11) is 0. The molecule has 4 amide bonds. The molecule has 1 spiro atoms. The number of nitrogens with zero attached hydrogens (tertiary/aromatic N) is 2. The van der Waals surface area contributed by atoms with E-state index in [1.54, 1.807) is 4.90 Å². The van der Waals surface area contributed by atoms with Gasteiger partial charge in [-0.2, -0.15) is 0 Å². The highest BCUT2D eigenvalue weighted by Gasteiger charge is 2.53. The van der Waals surface area contributed by atoms with Crippen LogP contribution in [0.2, 0.25) is 0 Å². The molecule has 3 aliphatic rings. The molecule has 146 valence electrons. The van der Waals surface area contributed by atoms with E-state index in [9.17, 15) is 14.4 Å². The third kappa shape index (κ3) is 3.33. The van der Waals surface area contributed by atoms with Crippen molar-refractivity contribution < 1.29 is 14.4 Å². The van der Waals surface area contributed by atoms with Gasteiger partial charge in [-0.15, -0.1) is 0 Å². The smallest absolute Gasteiger partial charge is 0.325 e. The average Bonchev–Trinajstić information content (AvgIpc) is 3.14. The number of rotatable bonds is 3. The van der Waals surface area contributed by atoms with E-state index in [4.69, 9.17) is 5.73 Å². The Hall–Kier alpha value is -1.63. The van der Waals surface area contributed by atoms with Crippen LogP contribution < -0.4 is 11.1 Å². The second-order valence-electron chi connectivity index (χ2n) is 9.16. The topological polar surface area (TPSA) is 95.7 Å². The highest BCUT2D eigenvalue weighted by molar-refractivity contribution is 6.09. The van der Waals surface area contributed by atoms with E-state index in [2.05, 4.69) is 26.1 Å². The van der Waals surface area contributed by atoms with Gasteiger partial charge in [-0.3, -0.25) is 14.5 Å². The van der Waals surface area contributed by atoms with Crippen molar-refractivity contribution in [1.29, 1.82) is 0 Å². The van der Waals surface area contributed by atoms with Gasteiger partial charge < -0.3 is 16.0 Å². The molecule has 0 radical (unpaired) electrons. The molecule has 3 N–H and O–H groups in total. The maximum Gasteiger partial charge on any atom is 0.325 e. The maximum absolute atomic E-state index is 13.0. The summed E-state index contributed by atoms with van der Waals surface area (Å²) in [6.07, 6.45) is 4.95. The molecule has 7 heteroatoms. The van der Waals surface area contributed by atoms with E-state index in [1.807, 2.05) is 0 Å². The number of hydrogen-bond donors (Lipinski definition) is 2. The molecule has 2 saturated heterocycles. The van der Waals surface area contributed by atoms with Crippen LogP contribution in [0.25, 0.3) is 0 Å². The van der Waals surface area contributed by atoms with E-state index in [-0.39, 0.29) is 29.8 Å². The predicted molar refractivity (Wildman–Crippen MR) is 98.2 cm³/mol. The second-order valence-corrected chi connectivity index (χ2v) is 9.16. The Morgan fingerprint density at radius 2 is 1.88 bits per heavy atom. The van der Waals surface area contributed by atoms with Crippen molar-refractivity contribution in [1.82, 2.24) is 15.1 Å². The molecular formula is C19H32N4O3. The Bertz CT molecular complexity index is 590. The largest absolute Gasteiger partial charge is 0.337 e. The van der Waals surface area contributed by atoms with Gasteiger partial charge in [-0.1, -0.05) is 20.8 Å². The number of nitrogens with one attached hydrogen (secondary N) is 1. The molecule has 1 unspecified atom stereocenters. The van der Waals surface area contributed by atoms with E-state index < -0.39 is 11.6 Å². The van der Waals surface area contributed by atoms with Crippen LogP contribution in [0.4, 0.5) is 4.79 Å². The second kappa shape index (κ2) is 6.83. The number of carbonyl (C=O) groups excluding carboxylic acids is 3. The number of likely N-dealkylation sites (tertiary alicyclic amines) is 1. The quantitative estimate of drug-likeness (QED) is 0.741. The lowest BCUT2D eigenvalue weighted by atomic mass is 9.67. The first-order chi connectivity index (χ1) is 12.2. The number of carbonyl (C=O) groups is 3. The Morgan fingerprint density at radius 3 is 2.46 bits per heavy atom. The molecule has 0 aromatic rings. The number of imide groups is 1. The summed E-state index contributed by atoms with van der Waals surface area (Å²) in [5.74, 6) is 0.136. The Kier molecular flexibility index (Phi) is 5.03. The zero-order chi connectivity index (χ0) is 19.1. The van der Waals surface area contributed by atoms with Crippen molar-refractivity contribution in [3.63, 3.8) is 0 Å². The van der Waals surface area contributed by atoms with Crippen LogP contribution in [-0.4, -0.2) is 58.9 Å². The Balaban J connectivity index is 1.65. The van der Waals surface area contributed by atoms with Crippen LogP contribution >= 0.6 is 0 Å². The number of hydrogen-bond acceptors (Lipinski definition) is 4. The molecule has 26 heavy (non-hydrogen) atoms. The molecule has 3 fully saturated rings. The minimum atomic E-state index is -0.808. The lowest BCUT2D eigenvalue weighted by Crippen LogP contribution is -2.51. The molecule has 7 nitrogen and oxygen atoms in total. The van der Waals surface area contributed by atoms with Crippen molar-refractivity contribution in [3.05, 3.63) is 0 Å². The maximum atomic E-state index is 13.0. The zero-order valence-electron chi connectivity index (χ0n) is 16.2. The first kappa shape index (κ1) is 19.1. The van der Waals surface area contributed by atoms with E-state index >= 15 is 0 Å². The summed E-state index contributed by atoms with van der Waals surface area (Å²) in [6, 6.07) is -0.402. The Morgan fingerprint density at radius 1 is 1.23 bits per heavy atom. The molecule has 2 aliphatic heterocycles. The molecule has 0 bridgehead atoms. The number of nitrogens with two attached hydrogens (primary N) is 1. The first-order valence-electron chi connectivity index (χ1n) is 9.81. The normalized spacial score (nSPS) is 32.5. The molecule has 0 aromatic carbocycles. The van der Waals surface area contributed by atoms with Crippen molar-refractivity contribution in [2.24, 2.45) is 17.1 Å². The van der Waals surface area contributed by atoms with Gasteiger partial charge in [0.2, 0.25) is 5.91 Å². The van der Waals surface area contributed by atoms with Gasteiger partial charge in [0, 0.05) is 19.1 Å². The van der Waals surface area contributed by atoms with E-state index in [1.165, 1.54) is 0 Å². The first-order valence-corrected chi connectivity index (χ1v) is 9.81. The lowest BCUT2D eigenvalue weighted by Gasteiger charge is -2.40. The molecule has 1 atom stereocenters. The lowest BCUT2D eigenvalue weighted by molar-refractivity contribution is -0.140. The van der Waals surface area contributed by atoms with Gasteiger partial charge in [0.15, 0.2) is 0 Å². The van der Waals surface area contributed by atoms with Crippen molar-refractivity contribution in [2.75, 3.05) is 19.6 Å². The summed E-state index contributed by atoms with van der Waals surface area (Å²) >= 11 is 0. The van der Waals surface area contributed by atoms with Crippen LogP contribution in [0, 0.1) is 11.3 Å². The van der Waals surface area contributed by atoms with Gasteiger partial charge in [0.25, 0.3) is 5.91 Å². The molecule has 0 aromatic heterocycles. The highest BCUT2D eigenvalue weighted by Crippen LogP contribution is 2.43. The summed E-state index contributed by atoms with van der Waals surface area (Å²) in [5, 5.41) is 2.90. The van der Waals surface area contributed by atoms with Gasteiger partial charge in [0.1, 0.15) is 12.1 Å². The summed E-state index contributed by atoms with van der Waals surface area (Å²) in [5.41, 5.74) is 5.13. The molecule has 1 saturated carbocycles. The average molecular weight is 364 g/mol. The monoisotopic (exact) mass is 364 g/mol. The molecule has 1 aliphatic carbocycles. The predicted octanol–water partition coefficient (Wildman–Crippen LogP) is 1.46. The fourth-order valence-electron chi connectivity index (χ4n) is 4.77. The Labute approximate surface area is 155 Å². The van der Waals surface area contributed by atoms with Crippen molar-refractivity contribution in [3.8, 4) is 0 Å². The zero-order valence-corrected chi connectivity index (χ0v) is 16.2. The van der Waals surface area contributed by atoms with Crippen molar-refractivity contribution >= 4 is 17.8 Å². The van der Waals surface area contributed by atoms with E-state index in [0.29, 0.717) is 31.8 Å². The highest BCUT2D eigenvalue weighted by atomic mass is 16.2. The third-order valence-electron chi connectivity index (χ3n) is 6.57. The minimum Gasteiger partial charge on any atom is -0.337 e. The fraction of sp³-hybridized carbons (Fsp3) is 0.842. The standard InChI is InChI=1S/C19H32N4O3/c1-18(2,3)13-6-8-19(9-7-13)16(25)23(17(26)21-19)12-15(24)22-10-4-5-14(22)11-20/h13-14H,4-12,20H2,1-3H3,(H,21,26). The fourth-order valence-corrected chi connectivity index (χ4v) is 4.77. The van der Waals surface area contributed by atoms with Crippen LogP contribution in [0.3, 0.4) is 0 Å².